The van der Waals surface area contributed by atoms with E-state index in [1.807, 2.05) is 12.3 Å². The van der Waals surface area contributed by atoms with Crippen molar-refractivity contribution in [3.8, 4) is 0 Å². The van der Waals surface area contributed by atoms with Crippen LogP contribution in [-0.2, 0) is 0 Å². The summed E-state index contributed by atoms with van der Waals surface area (Å²) < 4.78 is 0. The van der Waals surface area contributed by atoms with Gasteiger partial charge in [-0.15, -0.1) is 0 Å². The largest absolute Gasteiger partial charge is 0.256 e. The first-order valence-corrected chi connectivity index (χ1v) is 5.70. The molecule has 15 heavy (non-hydrogen) atoms. The van der Waals surface area contributed by atoms with E-state index in [1.165, 1.54) is 23.8 Å². The van der Waals surface area contributed by atoms with E-state index in [4.69, 9.17) is 0 Å². The summed E-state index contributed by atoms with van der Waals surface area (Å²) in [6, 6.07) is 10.6. The fraction of sp³-hybridized carbons (Fsp3) is 0.357. The molecule has 1 nitrogen and oxygen atoms in total. The third-order valence-corrected chi connectivity index (χ3v) is 3.11. The molecule has 0 aliphatic rings. The second-order valence-electron chi connectivity index (χ2n) is 3.93. The van der Waals surface area contributed by atoms with Crippen LogP contribution < -0.4 is 0 Å². The van der Waals surface area contributed by atoms with E-state index in [-0.39, 0.29) is 0 Å². The van der Waals surface area contributed by atoms with Crippen LogP contribution in [-0.4, -0.2) is 4.98 Å². The molecular weight excluding hydrogens is 182 g/mol. The van der Waals surface area contributed by atoms with Gasteiger partial charge in [0.15, 0.2) is 0 Å². The van der Waals surface area contributed by atoms with Gasteiger partial charge in [0.2, 0.25) is 0 Å². The highest BCUT2D eigenvalue weighted by Crippen LogP contribution is 2.28. The van der Waals surface area contributed by atoms with Crippen molar-refractivity contribution in [2.24, 2.45) is 0 Å². The molecule has 1 aromatic heterocycles. The summed E-state index contributed by atoms with van der Waals surface area (Å²) in [5.74, 6) is 0.665. The molecule has 1 heterocycles. The number of pyridine rings is 1. The summed E-state index contributed by atoms with van der Waals surface area (Å²) in [7, 11) is 0. The van der Waals surface area contributed by atoms with Gasteiger partial charge >= 0.3 is 0 Å². The van der Waals surface area contributed by atoms with E-state index in [0.717, 1.165) is 5.52 Å². The van der Waals surface area contributed by atoms with Crippen molar-refractivity contribution in [3.05, 3.63) is 42.1 Å². The monoisotopic (exact) mass is 199 g/mol. The Morgan fingerprint density at radius 2 is 1.80 bits per heavy atom. The SMILES string of the molecule is CCC(CC)c1ccnc2ccccc12. The van der Waals surface area contributed by atoms with Gasteiger partial charge in [-0.1, -0.05) is 32.0 Å². The molecule has 2 rings (SSSR count). The van der Waals surface area contributed by atoms with Crippen LogP contribution in [0.4, 0.5) is 0 Å². The average molecular weight is 199 g/mol. The van der Waals surface area contributed by atoms with Crippen molar-refractivity contribution in [1.82, 2.24) is 4.98 Å². The maximum absolute atomic E-state index is 4.39. The Balaban J connectivity index is 2.59. The molecule has 0 spiro atoms. The first-order valence-electron chi connectivity index (χ1n) is 5.70. The molecular formula is C14H17N. The van der Waals surface area contributed by atoms with E-state index < -0.39 is 0 Å². The molecule has 0 aliphatic carbocycles. The lowest BCUT2D eigenvalue weighted by Crippen LogP contribution is -1.97. The molecule has 1 aromatic carbocycles. The minimum absolute atomic E-state index is 0.665. The first-order chi connectivity index (χ1) is 7.36. The first kappa shape index (κ1) is 10.2. The van der Waals surface area contributed by atoms with Gasteiger partial charge in [-0.3, -0.25) is 4.98 Å². The van der Waals surface area contributed by atoms with Crippen LogP contribution >= 0.6 is 0 Å². The number of hydrogen-bond donors (Lipinski definition) is 0. The number of para-hydroxylation sites is 1. The molecule has 0 fully saturated rings. The van der Waals surface area contributed by atoms with Crippen LogP contribution in [0.2, 0.25) is 0 Å². The van der Waals surface area contributed by atoms with Crippen LogP contribution in [0.25, 0.3) is 10.9 Å². The number of rotatable bonds is 3. The van der Waals surface area contributed by atoms with Gasteiger partial charge < -0.3 is 0 Å². The molecule has 78 valence electrons. The fourth-order valence-corrected chi connectivity index (χ4v) is 2.20. The molecule has 1 heteroatoms. The zero-order valence-corrected chi connectivity index (χ0v) is 9.40. The normalized spacial score (nSPS) is 11.1. The Kier molecular flexibility index (Phi) is 3.00. The molecule has 0 unspecified atom stereocenters. The number of aromatic nitrogens is 1. The Morgan fingerprint density at radius 1 is 1.07 bits per heavy atom. The van der Waals surface area contributed by atoms with E-state index in [9.17, 15) is 0 Å². The Bertz CT molecular complexity index is 439. The van der Waals surface area contributed by atoms with Crippen LogP contribution in [0.3, 0.4) is 0 Å². The number of nitrogens with zero attached hydrogens (tertiary/aromatic N) is 1. The Morgan fingerprint density at radius 3 is 2.53 bits per heavy atom. The molecule has 0 saturated heterocycles. The van der Waals surface area contributed by atoms with Crippen molar-refractivity contribution in [2.75, 3.05) is 0 Å². The Hall–Kier alpha value is -1.37. The van der Waals surface area contributed by atoms with Gasteiger partial charge in [0.1, 0.15) is 0 Å². The summed E-state index contributed by atoms with van der Waals surface area (Å²) in [4.78, 5) is 4.39. The van der Waals surface area contributed by atoms with Gasteiger partial charge in [-0.2, -0.15) is 0 Å². The standard InChI is InChI=1S/C14H17N/c1-3-11(4-2)12-9-10-15-14-8-6-5-7-13(12)14/h5-11H,3-4H2,1-2H3. The quantitative estimate of drug-likeness (QED) is 0.724. The highest BCUT2D eigenvalue weighted by Gasteiger charge is 2.10. The zero-order valence-electron chi connectivity index (χ0n) is 9.40. The van der Waals surface area contributed by atoms with E-state index >= 15 is 0 Å². The van der Waals surface area contributed by atoms with Crippen molar-refractivity contribution in [1.29, 1.82) is 0 Å². The van der Waals surface area contributed by atoms with Gasteiger partial charge in [-0.05, 0) is 36.5 Å². The van der Waals surface area contributed by atoms with Crippen LogP contribution in [0.15, 0.2) is 36.5 Å². The van der Waals surface area contributed by atoms with E-state index in [2.05, 4.69) is 43.1 Å². The Labute approximate surface area is 91.2 Å². The molecule has 0 radical (unpaired) electrons. The summed E-state index contributed by atoms with van der Waals surface area (Å²) >= 11 is 0. The number of fused-ring (bicyclic) bond motifs is 1. The van der Waals surface area contributed by atoms with Crippen molar-refractivity contribution < 1.29 is 0 Å². The van der Waals surface area contributed by atoms with Gasteiger partial charge in [0.25, 0.3) is 0 Å². The van der Waals surface area contributed by atoms with E-state index in [1.54, 1.807) is 0 Å². The molecule has 0 amide bonds. The zero-order chi connectivity index (χ0) is 10.7. The van der Waals surface area contributed by atoms with Crippen LogP contribution in [0.1, 0.15) is 38.2 Å². The van der Waals surface area contributed by atoms with Gasteiger partial charge in [0, 0.05) is 11.6 Å². The molecule has 2 aromatic rings. The van der Waals surface area contributed by atoms with Gasteiger partial charge in [0.05, 0.1) is 5.52 Å². The third kappa shape index (κ3) is 1.87. The lowest BCUT2D eigenvalue weighted by Gasteiger charge is -2.14. The number of hydrogen-bond acceptors (Lipinski definition) is 1. The smallest absolute Gasteiger partial charge is 0.0704 e. The van der Waals surface area contributed by atoms with Crippen molar-refractivity contribution in [3.63, 3.8) is 0 Å². The summed E-state index contributed by atoms with van der Waals surface area (Å²) in [5, 5.41) is 1.31. The van der Waals surface area contributed by atoms with Crippen LogP contribution in [0, 0.1) is 0 Å². The van der Waals surface area contributed by atoms with Crippen molar-refractivity contribution in [2.45, 2.75) is 32.6 Å². The van der Waals surface area contributed by atoms with Crippen LogP contribution in [0.5, 0.6) is 0 Å². The molecule has 0 saturated carbocycles. The van der Waals surface area contributed by atoms with Gasteiger partial charge in [-0.25, -0.2) is 0 Å². The maximum Gasteiger partial charge on any atom is 0.0704 e. The lowest BCUT2D eigenvalue weighted by molar-refractivity contribution is 0.646. The molecule has 0 aliphatic heterocycles. The maximum atomic E-state index is 4.39. The average Bonchev–Trinajstić information content (AvgIpc) is 2.31. The summed E-state index contributed by atoms with van der Waals surface area (Å²) in [6.45, 7) is 4.51. The molecule has 0 bridgehead atoms. The topological polar surface area (TPSA) is 12.9 Å². The molecule has 0 N–H and O–H groups in total. The van der Waals surface area contributed by atoms with Crippen molar-refractivity contribution >= 4 is 10.9 Å². The highest BCUT2D eigenvalue weighted by molar-refractivity contribution is 5.82. The predicted molar refractivity (Wildman–Crippen MR) is 65.1 cm³/mol. The predicted octanol–water partition coefficient (Wildman–Crippen LogP) is 4.14. The molecule has 0 atom stereocenters. The lowest BCUT2D eigenvalue weighted by atomic mass is 9.91. The second kappa shape index (κ2) is 4.43. The minimum atomic E-state index is 0.665. The summed E-state index contributed by atoms with van der Waals surface area (Å²) in [6.07, 6.45) is 4.32. The number of benzene rings is 1. The second-order valence-corrected chi connectivity index (χ2v) is 3.93. The summed E-state index contributed by atoms with van der Waals surface area (Å²) in [5.41, 5.74) is 2.56. The minimum Gasteiger partial charge on any atom is -0.256 e. The third-order valence-electron chi connectivity index (χ3n) is 3.11. The highest BCUT2D eigenvalue weighted by atomic mass is 14.6. The van der Waals surface area contributed by atoms with E-state index in [0.29, 0.717) is 5.92 Å². The fourth-order valence-electron chi connectivity index (χ4n) is 2.20.